The molecule has 6 heteroatoms. The molecule has 1 fully saturated rings. The van der Waals surface area contributed by atoms with Crippen molar-refractivity contribution in [1.82, 2.24) is 10.6 Å². The van der Waals surface area contributed by atoms with Gasteiger partial charge in [-0.1, -0.05) is 36.8 Å². The molecule has 1 aromatic rings. The van der Waals surface area contributed by atoms with E-state index in [1.807, 2.05) is 30.3 Å². The van der Waals surface area contributed by atoms with Gasteiger partial charge in [-0.05, 0) is 18.4 Å². The molecule has 3 N–H and O–H groups in total. The average Bonchev–Trinajstić information content (AvgIpc) is 2.94. The van der Waals surface area contributed by atoms with Crippen molar-refractivity contribution in [3.05, 3.63) is 35.9 Å². The van der Waals surface area contributed by atoms with Gasteiger partial charge in [-0.2, -0.15) is 0 Å². The fraction of sp³-hybridized carbons (Fsp3) is 0.438. The molecule has 0 radical (unpaired) electrons. The molecule has 1 aliphatic carbocycles. The summed E-state index contributed by atoms with van der Waals surface area (Å²) in [7, 11) is 0. The van der Waals surface area contributed by atoms with Crippen molar-refractivity contribution < 1.29 is 19.5 Å². The van der Waals surface area contributed by atoms with Crippen LogP contribution >= 0.6 is 0 Å². The standard InChI is InChI=1S/C16H20N2O4/c19-14(9-11-5-2-1-3-6-11)17-10-15(20)18-13-8-4-7-12(13)16(21)22/h1-3,5-6,12-13H,4,7-10H2,(H,17,19)(H,18,20)(H,21,22)/t12-,13+/m1/s1. The Hall–Kier alpha value is -2.37. The minimum absolute atomic E-state index is 0.130. The van der Waals surface area contributed by atoms with Crippen LogP contribution < -0.4 is 10.6 Å². The zero-order valence-electron chi connectivity index (χ0n) is 12.2. The van der Waals surface area contributed by atoms with Gasteiger partial charge in [0.2, 0.25) is 11.8 Å². The van der Waals surface area contributed by atoms with E-state index in [0.29, 0.717) is 12.8 Å². The Morgan fingerprint density at radius 2 is 1.82 bits per heavy atom. The van der Waals surface area contributed by atoms with Crippen molar-refractivity contribution in [2.75, 3.05) is 6.54 Å². The number of benzene rings is 1. The number of carboxylic acids is 1. The number of carbonyl (C=O) groups is 3. The summed E-state index contributed by atoms with van der Waals surface area (Å²) < 4.78 is 0. The molecule has 1 aromatic carbocycles. The van der Waals surface area contributed by atoms with E-state index in [9.17, 15) is 14.4 Å². The number of hydrogen-bond donors (Lipinski definition) is 3. The molecule has 1 saturated carbocycles. The second kappa shape index (κ2) is 7.59. The van der Waals surface area contributed by atoms with E-state index in [1.165, 1.54) is 0 Å². The molecule has 0 heterocycles. The quantitative estimate of drug-likeness (QED) is 0.721. The zero-order chi connectivity index (χ0) is 15.9. The maximum Gasteiger partial charge on any atom is 0.308 e. The lowest BCUT2D eigenvalue weighted by Crippen LogP contribution is -2.45. The molecule has 0 aromatic heterocycles. The summed E-state index contributed by atoms with van der Waals surface area (Å²) in [6.45, 7) is -0.130. The molecule has 0 aliphatic heterocycles. The van der Waals surface area contributed by atoms with E-state index >= 15 is 0 Å². The minimum Gasteiger partial charge on any atom is -0.481 e. The monoisotopic (exact) mass is 304 g/mol. The molecule has 0 bridgehead atoms. The van der Waals surface area contributed by atoms with Gasteiger partial charge in [0.1, 0.15) is 0 Å². The predicted octanol–water partition coefficient (Wildman–Crippen LogP) is 0.715. The molecule has 6 nitrogen and oxygen atoms in total. The van der Waals surface area contributed by atoms with Gasteiger partial charge in [-0.15, -0.1) is 0 Å². The van der Waals surface area contributed by atoms with E-state index < -0.39 is 11.9 Å². The molecule has 118 valence electrons. The van der Waals surface area contributed by atoms with Crippen LogP contribution in [0.4, 0.5) is 0 Å². The first-order valence-corrected chi connectivity index (χ1v) is 7.39. The fourth-order valence-electron chi connectivity index (χ4n) is 2.71. The normalized spacial score (nSPS) is 20.4. The number of rotatable bonds is 6. The minimum atomic E-state index is -0.879. The number of carboxylic acid groups (broad SMARTS) is 1. The molecule has 0 spiro atoms. The van der Waals surface area contributed by atoms with Gasteiger partial charge in [0.15, 0.2) is 0 Å². The number of hydrogen-bond acceptors (Lipinski definition) is 3. The lowest BCUT2D eigenvalue weighted by molar-refractivity contribution is -0.142. The number of amides is 2. The summed E-state index contributed by atoms with van der Waals surface area (Å²) in [5, 5.41) is 14.3. The Morgan fingerprint density at radius 1 is 1.09 bits per heavy atom. The zero-order valence-corrected chi connectivity index (χ0v) is 12.2. The van der Waals surface area contributed by atoms with E-state index in [-0.39, 0.29) is 30.8 Å². The maximum atomic E-state index is 11.8. The maximum absolute atomic E-state index is 11.8. The lowest BCUT2D eigenvalue weighted by atomic mass is 10.0. The molecule has 2 amide bonds. The van der Waals surface area contributed by atoms with Crippen molar-refractivity contribution >= 4 is 17.8 Å². The van der Waals surface area contributed by atoms with Crippen molar-refractivity contribution in [1.29, 1.82) is 0 Å². The SMILES string of the molecule is O=C(Cc1ccccc1)NCC(=O)N[C@H]1CCC[C@H]1C(=O)O. The van der Waals surface area contributed by atoms with Gasteiger partial charge in [0, 0.05) is 6.04 Å². The molecule has 22 heavy (non-hydrogen) atoms. The van der Waals surface area contributed by atoms with Crippen molar-refractivity contribution in [3.8, 4) is 0 Å². The predicted molar refractivity (Wildman–Crippen MR) is 80.1 cm³/mol. The summed E-state index contributed by atoms with van der Waals surface area (Å²) in [6, 6.07) is 8.92. The summed E-state index contributed by atoms with van der Waals surface area (Å²) in [4.78, 5) is 34.6. The van der Waals surface area contributed by atoms with Crippen molar-refractivity contribution in [2.24, 2.45) is 5.92 Å². The fourth-order valence-corrected chi connectivity index (χ4v) is 2.71. The highest BCUT2D eigenvalue weighted by atomic mass is 16.4. The average molecular weight is 304 g/mol. The molecule has 2 rings (SSSR count). The van der Waals surface area contributed by atoms with E-state index in [4.69, 9.17) is 5.11 Å². The van der Waals surface area contributed by atoms with E-state index in [0.717, 1.165) is 12.0 Å². The van der Waals surface area contributed by atoms with Crippen LogP contribution in [0, 0.1) is 5.92 Å². The summed E-state index contributed by atoms with van der Waals surface area (Å²) in [5.74, 6) is -1.98. The van der Waals surface area contributed by atoms with Crippen molar-refractivity contribution in [3.63, 3.8) is 0 Å². The number of carbonyl (C=O) groups excluding carboxylic acids is 2. The second-order valence-electron chi connectivity index (χ2n) is 5.49. The Bertz CT molecular complexity index is 544. The first kappa shape index (κ1) is 16.0. The molecule has 2 atom stereocenters. The van der Waals surface area contributed by atoms with Crippen molar-refractivity contribution in [2.45, 2.75) is 31.7 Å². The first-order chi connectivity index (χ1) is 10.6. The van der Waals surface area contributed by atoms with Gasteiger partial charge in [0.05, 0.1) is 18.9 Å². The number of nitrogens with one attached hydrogen (secondary N) is 2. The van der Waals surface area contributed by atoms with E-state index in [2.05, 4.69) is 10.6 Å². The van der Waals surface area contributed by atoms with Crippen LogP contribution in [-0.4, -0.2) is 35.5 Å². The van der Waals surface area contributed by atoms with Crippen LogP contribution in [0.5, 0.6) is 0 Å². The van der Waals surface area contributed by atoms with Crippen LogP contribution in [0.1, 0.15) is 24.8 Å². The molecular formula is C16H20N2O4. The van der Waals surface area contributed by atoms with Crippen LogP contribution in [0.15, 0.2) is 30.3 Å². The van der Waals surface area contributed by atoms with Gasteiger partial charge in [-0.3, -0.25) is 14.4 Å². The Kier molecular flexibility index (Phi) is 5.52. The third-order valence-electron chi connectivity index (χ3n) is 3.83. The summed E-state index contributed by atoms with van der Waals surface area (Å²) in [6.07, 6.45) is 2.26. The third kappa shape index (κ3) is 4.58. The Balaban J connectivity index is 1.73. The lowest BCUT2D eigenvalue weighted by Gasteiger charge is -2.17. The largest absolute Gasteiger partial charge is 0.481 e. The summed E-state index contributed by atoms with van der Waals surface area (Å²) in [5.41, 5.74) is 0.877. The van der Waals surface area contributed by atoms with E-state index in [1.54, 1.807) is 0 Å². The second-order valence-corrected chi connectivity index (χ2v) is 5.49. The molecule has 0 saturated heterocycles. The molecular weight excluding hydrogens is 284 g/mol. The molecule has 0 unspecified atom stereocenters. The number of aliphatic carboxylic acids is 1. The first-order valence-electron chi connectivity index (χ1n) is 7.39. The molecule has 1 aliphatic rings. The topological polar surface area (TPSA) is 95.5 Å². The van der Waals surface area contributed by atoms with Crippen LogP contribution in [0.3, 0.4) is 0 Å². The third-order valence-corrected chi connectivity index (χ3v) is 3.83. The highest BCUT2D eigenvalue weighted by Crippen LogP contribution is 2.25. The van der Waals surface area contributed by atoms with Crippen LogP contribution in [-0.2, 0) is 20.8 Å². The Morgan fingerprint density at radius 3 is 2.50 bits per heavy atom. The Labute approximate surface area is 128 Å². The highest BCUT2D eigenvalue weighted by Gasteiger charge is 2.33. The summed E-state index contributed by atoms with van der Waals surface area (Å²) >= 11 is 0. The van der Waals surface area contributed by atoms with Gasteiger partial charge < -0.3 is 15.7 Å². The highest BCUT2D eigenvalue weighted by molar-refractivity contribution is 5.86. The van der Waals surface area contributed by atoms with Gasteiger partial charge in [-0.25, -0.2) is 0 Å². The van der Waals surface area contributed by atoms with Crippen LogP contribution in [0.25, 0.3) is 0 Å². The van der Waals surface area contributed by atoms with Gasteiger partial charge >= 0.3 is 5.97 Å². The smallest absolute Gasteiger partial charge is 0.308 e. The van der Waals surface area contributed by atoms with Crippen LogP contribution in [0.2, 0.25) is 0 Å². The van der Waals surface area contributed by atoms with Gasteiger partial charge in [0.25, 0.3) is 0 Å².